The molecule has 112 valence electrons. The normalized spacial score (nSPS) is 10.9. The molecule has 0 bridgehead atoms. The van der Waals surface area contributed by atoms with Gasteiger partial charge in [0, 0.05) is 12.6 Å². The lowest BCUT2D eigenvalue weighted by Crippen LogP contribution is -2.13. The molecule has 2 rings (SSSR count). The maximum absolute atomic E-state index is 5.76. The summed E-state index contributed by atoms with van der Waals surface area (Å²) in [6.07, 6.45) is 0. The minimum absolute atomic E-state index is 0.518. The summed E-state index contributed by atoms with van der Waals surface area (Å²) in [6, 6.07) is 9.92. The quantitative estimate of drug-likeness (QED) is 0.876. The van der Waals surface area contributed by atoms with Crippen LogP contribution in [0.2, 0.25) is 0 Å². The van der Waals surface area contributed by atoms with Crippen LogP contribution >= 0.6 is 0 Å². The van der Waals surface area contributed by atoms with Crippen molar-refractivity contribution < 1.29 is 4.74 Å². The summed E-state index contributed by atoms with van der Waals surface area (Å²) in [4.78, 5) is 0. The molecule has 0 aliphatic rings. The number of nitrogens with zero attached hydrogens (tertiary/aromatic N) is 2. The monoisotopic (exact) mass is 285 g/mol. The Bertz CT molecular complexity index is 579. The van der Waals surface area contributed by atoms with Crippen molar-refractivity contribution in [2.24, 2.45) is 0 Å². The van der Waals surface area contributed by atoms with E-state index in [0.717, 1.165) is 24.5 Å². The summed E-state index contributed by atoms with van der Waals surface area (Å²) in [7, 11) is 0. The molecule has 0 saturated heterocycles. The first-order valence-electron chi connectivity index (χ1n) is 7.42. The molecule has 0 amide bonds. The zero-order valence-electron chi connectivity index (χ0n) is 13.2. The van der Waals surface area contributed by atoms with Gasteiger partial charge >= 0.3 is 0 Å². The van der Waals surface area contributed by atoms with Crippen molar-refractivity contribution in [2.75, 3.05) is 6.54 Å². The molecule has 1 N–H and O–H groups in total. The zero-order valence-corrected chi connectivity index (χ0v) is 13.2. The van der Waals surface area contributed by atoms with Gasteiger partial charge in [-0.05, 0) is 48.7 Å². The number of hydrogen-bond donors (Lipinski definition) is 1. The van der Waals surface area contributed by atoms with Crippen molar-refractivity contribution in [1.29, 1.82) is 0 Å². The van der Waals surface area contributed by atoms with Crippen LogP contribution in [0.5, 0.6) is 11.6 Å². The molecule has 1 aromatic carbocycles. The van der Waals surface area contributed by atoms with Gasteiger partial charge in [-0.3, -0.25) is 0 Å². The van der Waals surface area contributed by atoms with E-state index in [1.54, 1.807) is 0 Å². The molecule has 0 saturated carbocycles. The Labute approximate surface area is 126 Å². The topological polar surface area (TPSA) is 47.0 Å². The second kappa shape index (κ2) is 7.18. The van der Waals surface area contributed by atoms with Gasteiger partial charge in [-0.25, -0.2) is 0 Å². The Morgan fingerprint density at radius 1 is 1.14 bits per heavy atom. The van der Waals surface area contributed by atoms with E-state index in [0.29, 0.717) is 11.8 Å². The van der Waals surface area contributed by atoms with Crippen LogP contribution in [-0.4, -0.2) is 16.7 Å². The summed E-state index contributed by atoms with van der Waals surface area (Å²) in [5.74, 6) is 1.83. The second-order valence-electron chi connectivity index (χ2n) is 5.42. The highest BCUT2D eigenvalue weighted by molar-refractivity contribution is 5.37. The number of rotatable bonds is 6. The lowest BCUT2D eigenvalue weighted by atomic mass is 9.98. The molecule has 0 spiro atoms. The van der Waals surface area contributed by atoms with Gasteiger partial charge in [-0.1, -0.05) is 26.8 Å². The average Bonchev–Trinajstić information content (AvgIpc) is 2.46. The van der Waals surface area contributed by atoms with Crippen LogP contribution in [0.3, 0.4) is 0 Å². The van der Waals surface area contributed by atoms with Crippen molar-refractivity contribution in [3.05, 3.63) is 47.2 Å². The van der Waals surface area contributed by atoms with Crippen molar-refractivity contribution >= 4 is 0 Å². The summed E-state index contributed by atoms with van der Waals surface area (Å²) < 4.78 is 5.76. The molecule has 0 aliphatic heterocycles. The van der Waals surface area contributed by atoms with Crippen LogP contribution in [0.25, 0.3) is 0 Å². The van der Waals surface area contributed by atoms with Crippen LogP contribution in [-0.2, 0) is 6.54 Å². The van der Waals surface area contributed by atoms with E-state index < -0.39 is 0 Å². The Hall–Kier alpha value is -1.94. The van der Waals surface area contributed by atoms with E-state index in [1.807, 2.05) is 24.3 Å². The summed E-state index contributed by atoms with van der Waals surface area (Å²) in [5, 5.41) is 11.5. The molecule has 0 aliphatic carbocycles. The highest BCUT2D eigenvalue weighted by Gasteiger charge is 2.06. The molecule has 4 heteroatoms. The SMILES string of the molecule is CCNCc1ccc(Oc2ccc(C(C)C)c(C)c2)nn1. The van der Waals surface area contributed by atoms with Gasteiger partial charge in [0.05, 0.1) is 5.69 Å². The van der Waals surface area contributed by atoms with Crippen LogP contribution in [0.1, 0.15) is 43.5 Å². The van der Waals surface area contributed by atoms with Gasteiger partial charge in [0.25, 0.3) is 0 Å². The molecule has 1 heterocycles. The molecule has 2 aromatic rings. The first kappa shape index (κ1) is 15.4. The fraction of sp³-hybridized carbons (Fsp3) is 0.412. The van der Waals surface area contributed by atoms with Gasteiger partial charge in [0.15, 0.2) is 0 Å². The summed E-state index contributed by atoms with van der Waals surface area (Å²) in [5.41, 5.74) is 3.49. The van der Waals surface area contributed by atoms with Crippen molar-refractivity contribution in [3.8, 4) is 11.6 Å². The predicted octanol–water partition coefficient (Wildman–Crippen LogP) is 3.81. The fourth-order valence-corrected chi connectivity index (χ4v) is 2.23. The third-order valence-electron chi connectivity index (χ3n) is 3.34. The number of nitrogens with one attached hydrogen (secondary N) is 1. The highest BCUT2D eigenvalue weighted by atomic mass is 16.5. The van der Waals surface area contributed by atoms with Gasteiger partial charge < -0.3 is 10.1 Å². The molecule has 0 fully saturated rings. The fourth-order valence-electron chi connectivity index (χ4n) is 2.23. The van der Waals surface area contributed by atoms with Crippen LogP contribution in [0, 0.1) is 6.92 Å². The van der Waals surface area contributed by atoms with E-state index in [-0.39, 0.29) is 0 Å². The number of benzene rings is 1. The minimum Gasteiger partial charge on any atom is -0.438 e. The van der Waals surface area contributed by atoms with E-state index in [1.165, 1.54) is 11.1 Å². The summed E-state index contributed by atoms with van der Waals surface area (Å²) in [6.45, 7) is 10.2. The minimum atomic E-state index is 0.518. The number of aryl methyl sites for hydroxylation is 1. The number of hydrogen-bond acceptors (Lipinski definition) is 4. The maximum Gasteiger partial charge on any atom is 0.238 e. The molecular formula is C17H23N3O. The van der Waals surface area contributed by atoms with Gasteiger partial charge in [0.1, 0.15) is 5.75 Å². The van der Waals surface area contributed by atoms with Crippen LogP contribution in [0.4, 0.5) is 0 Å². The Morgan fingerprint density at radius 2 is 1.95 bits per heavy atom. The number of ether oxygens (including phenoxy) is 1. The molecule has 21 heavy (non-hydrogen) atoms. The Balaban J connectivity index is 2.06. The lowest BCUT2D eigenvalue weighted by Gasteiger charge is -2.11. The van der Waals surface area contributed by atoms with E-state index in [2.05, 4.69) is 49.3 Å². The van der Waals surface area contributed by atoms with Gasteiger partial charge in [-0.2, -0.15) is 5.10 Å². The molecule has 1 aromatic heterocycles. The Morgan fingerprint density at radius 3 is 2.52 bits per heavy atom. The van der Waals surface area contributed by atoms with E-state index >= 15 is 0 Å². The standard InChI is InChI=1S/C17H23N3O/c1-5-18-11-14-6-9-17(20-19-14)21-15-7-8-16(12(2)3)13(4)10-15/h6-10,12,18H,5,11H2,1-4H3. The van der Waals surface area contributed by atoms with E-state index in [9.17, 15) is 0 Å². The van der Waals surface area contributed by atoms with Crippen molar-refractivity contribution in [3.63, 3.8) is 0 Å². The van der Waals surface area contributed by atoms with Gasteiger partial charge in [0.2, 0.25) is 5.88 Å². The number of aromatic nitrogens is 2. The Kier molecular flexibility index (Phi) is 5.28. The molecule has 4 nitrogen and oxygen atoms in total. The predicted molar refractivity (Wildman–Crippen MR) is 84.8 cm³/mol. The third kappa shape index (κ3) is 4.26. The van der Waals surface area contributed by atoms with E-state index in [4.69, 9.17) is 4.74 Å². The third-order valence-corrected chi connectivity index (χ3v) is 3.34. The largest absolute Gasteiger partial charge is 0.438 e. The molecule has 0 unspecified atom stereocenters. The molecule has 0 atom stereocenters. The van der Waals surface area contributed by atoms with Gasteiger partial charge in [-0.15, -0.1) is 5.10 Å². The smallest absolute Gasteiger partial charge is 0.238 e. The first-order valence-corrected chi connectivity index (χ1v) is 7.42. The van der Waals surface area contributed by atoms with Crippen LogP contribution in [0.15, 0.2) is 30.3 Å². The summed E-state index contributed by atoms with van der Waals surface area (Å²) >= 11 is 0. The van der Waals surface area contributed by atoms with Crippen molar-refractivity contribution in [2.45, 2.75) is 40.2 Å². The highest BCUT2D eigenvalue weighted by Crippen LogP contribution is 2.26. The first-order chi connectivity index (χ1) is 10.1. The van der Waals surface area contributed by atoms with Crippen molar-refractivity contribution in [1.82, 2.24) is 15.5 Å². The molecular weight excluding hydrogens is 262 g/mol. The molecule has 0 radical (unpaired) electrons. The lowest BCUT2D eigenvalue weighted by molar-refractivity contribution is 0.452. The van der Waals surface area contributed by atoms with Crippen LogP contribution < -0.4 is 10.1 Å². The second-order valence-corrected chi connectivity index (χ2v) is 5.42. The maximum atomic E-state index is 5.76. The average molecular weight is 285 g/mol. The zero-order chi connectivity index (χ0) is 15.2.